The molecule has 0 spiro atoms. The lowest BCUT2D eigenvalue weighted by Crippen LogP contribution is -2.19. The summed E-state index contributed by atoms with van der Waals surface area (Å²) in [4.78, 5) is 12.2. The Morgan fingerprint density at radius 1 is 1.10 bits per heavy atom. The second-order valence-electron chi connectivity index (χ2n) is 6.08. The summed E-state index contributed by atoms with van der Waals surface area (Å²) in [6.45, 7) is 0.325. The van der Waals surface area contributed by atoms with E-state index < -0.39 is 5.91 Å². The van der Waals surface area contributed by atoms with Crippen molar-refractivity contribution in [2.45, 2.75) is 6.61 Å². The quantitative estimate of drug-likeness (QED) is 0.346. The van der Waals surface area contributed by atoms with E-state index in [1.165, 1.54) is 6.21 Å². The van der Waals surface area contributed by atoms with Gasteiger partial charge in [0.15, 0.2) is 11.5 Å². The van der Waals surface area contributed by atoms with Gasteiger partial charge in [-0.3, -0.25) is 4.79 Å². The molecular weight excluding hydrogens is 390 g/mol. The second kappa shape index (κ2) is 9.61. The first kappa shape index (κ1) is 20.2. The number of nitrogens with one attached hydrogen (secondary N) is 1. The molecule has 148 valence electrons. The first-order valence-electron chi connectivity index (χ1n) is 8.80. The Morgan fingerprint density at radius 3 is 2.59 bits per heavy atom. The molecule has 0 saturated carbocycles. The van der Waals surface area contributed by atoms with Crippen molar-refractivity contribution in [1.82, 2.24) is 5.43 Å². The van der Waals surface area contributed by atoms with Crippen LogP contribution in [0.15, 0.2) is 71.8 Å². The topological polar surface area (TPSA) is 85.9 Å². The third-order valence-electron chi connectivity index (χ3n) is 4.10. The normalized spacial score (nSPS) is 10.7. The number of amides is 1. The molecular formula is C22H20ClN3O3. The van der Waals surface area contributed by atoms with Gasteiger partial charge in [-0.25, -0.2) is 5.43 Å². The summed E-state index contributed by atoms with van der Waals surface area (Å²) < 4.78 is 11.3. The molecule has 7 heteroatoms. The minimum Gasteiger partial charge on any atom is -0.493 e. The highest BCUT2D eigenvalue weighted by Crippen LogP contribution is 2.31. The lowest BCUT2D eigenvalue weighted by Gasteiger charge is -2.13. The molecule has 0 aliphatic carbocycles. The molecule has 0 aliphatic heterocycles. The van der Waals surface area contributed by atoms with Crippen LogP contribution >= 0.6 is 11.6 Å². The van der Waals surface area contributed by atoms with Crippen molar-refractivity contribution in [1.29, 1.82) is 0 Å². The fourth-order valence-electron chi connectivity index (χ4n) is 2.61. The van der Waals surface area contributed by atoms with Crippen LogP contribution in [-0.4, -0.2) is 19.2 Å². The number of carbonyl (C=O) groups excluding carboxylic acids is 1. The number of carbonyl (C=O) groups is 1. The first-order valence-corrected chi connectivity index (χ1v) is 9.18. The van der Waals surface area contributed by atoms with Crippen molar-refractivity contribution in [2.24, 2.45) is 5.10 Å². The smallest absolute Gasteiger partial charge is 0.273 e. The van der Waals surface area contributed by atoms with E-state index in [0.717, 1.165) is 5.56 Å². The summed E-state index contributed by atoms with van der Waals surface area (Å²) in [6, 6.07) is 19.6. The zero-order valence-corrected chi connectivity index (χ0v) is 16.5. The average Bonchev–Trinajstić information content (AvgIpc) is 2.74. The monoisotopic (exact) mass is 409 g/mol. The van der Waals surface area contributed by atoms with Crippen molar-refractivity contribution in [2.75, 3.05) is 12.8 Å². The van der Waals surface area contributed by atoms with E-state index in [1.54, 1.807) is 49.6 Å². The summed E-state index contributed by atoms with van der Waals surface area (Å²) in [5.41, 5.74) is 10.6. The number of nitrogen functional groups attached to an aromatic ring is 1. The van der Waals surface area contributed by atoms with E-state index >= 15 is 0 Å². The molecule has 0 unspecified atom stereocenters. The molecule has 0 fully saturated rings. The third-order valence-corrected chi connectivity index (χ3v) is 4.35. The number of methoxy groups -OCH3 is 1. The zero-order valence-electron chi connectivity index (χ0n) is 15.8. The summed E-state index contributed by atoms with van der Waals surface area (Å²) >= 11 is 5.92. The largest absolute Gasteiger partial charge is 0.493 e. The number of halogens is 1. The molecule has 3 N–H and O–H groups in total. The number of rotatable bonds is 7. The van der Waals surface area contributed by atoms with E-state index in [4.69, 9.17) is 26.8 Å². The highest BCUT2D eigenvalue weighted by atomic mass is 35.5. The number of anilines is 1. The third kappa shape index (κ3) is 5.27. The molecule has 0 aliphatic rings. The second-order valence-corrected chi connectivity index (χ2v) is 6.52. The fourth-order valence-corrected chi connectivity index (χ4v) is 2.74. The predicted molar refractivity (Wildman–Crippen MR) is 115 cm³/mol. The van der Waals surface area contributed by atoms with Crippen molar-refractivity contribution in [3.63, 3.8) is 0 Å². The van der Waals surface area contributed by atoms with Crippen molar-refractivity contribution in [3.8, 4) is 11.5 Å². The SMILES string of the molecule is COc1cccc(/C=N/NC(=O)c2ccccc2N)c1OCc1ccc(Cl)cc1. The Balaban J connectivity index is 1.74. The molecule has 0 atom stereocenters. The van der Waals surface area contributed by atoms with Crippen molar-refractivity contribution in [3.05, 3.63) is 88.4 Å². The van der Waals surface area contributed by atoms with Crippen molar-refractivity contribution < 1.29 is 14.3 Å². The number of nitrogens with two attached hydrogens (primary N) is 1. The Hall–Kier alpha value is -3.51. The van der Waals surface area contributed by atoms with E-state index in [1.807, 2.05) is 24.3 Å². The van der Waals surface area contributed by atoms with Gasteiger partial charge in [-0.15, -0.1) is 0 Å². The highest BCUT2D eigenvalue weighted by Gasteiger charge is 2.11. The lowest BCUT2D eigenvalue weighted by atomic mass is 10.2. The summed E-state index contributed by atoms with van der Waals surface area (Å²) in [5, 5.41) is 4.69. The summed E-state index contributed by atoms with van der Waals surface area (Å²) in [6.07, 6.45) is 1.50. The predicted octanol–water partition coefficient (Wildman–Crippen LogP) is 4.27. The zero-order chi connectivity index (χ0) is 20.6. The lowest BCUT2D eigenvalue weighted by molar-refractivity contribution is 0.0956. The Kier molecular flexibility index (Phi) is 6.71. The first-order chi connectivity index (χ1) is 14.1. The number of benzene rings is 3. The molecule has 0 saturated heterocycles. The molecule has 3 aromatic carbocycles. The molecule has 3 aromatic rings. The average molecular weight is 410 g/mol. The van der Waals surface area contributed by atoms with Gasteiger partial charge in [-0.2, -0.15) is 5.10 Å². The van der Waals surface area contributed by atoms with Gasteiger partial charge in [0.05, 0.1) is 18.9 Å². The number of nitrogens with zero attached hydrogens (tertiary/aromatic N) is 1. The van der Waals surface area contributed by atoms with Crippen LogP contribution in [0.4, 0.5) is 5.69 Å². The van der Waals surface area contributed by atoms with Crippen LogP contribution in [0.5, 0.6) is 11.5 Å². The Bertz CT molecular complexity index is 1020. The van der Waals surface area contributed by atoms with Gasteiger partial charge in [-0.05, 0) is 42.0 Å². The Labute approximate surface area is 173 Å². The van der Waals surface area contributed by atoms with Gasteiger partial charge in [0, 0.05) is 16.3 Å². The standard InChI is InChI=1S/C22H20ClN3O3/c1-28-20-8-4-5-16(21(20)29-14-15-9-11-17(23)12-10-15)13-25-26-22(27)18-6-2-3-7-19(18)24/h2-13H,14,24H2,1H3,(H,26,27)/b25-13+. The molecule has 0 radical (unpaired) electrons. The van der Waals surface area contributed by atoms with E-state index in [-0.39, 0.29) is 0 Å². The van der Waals surface area contributed by atoms with Crippen LogP contribution < -0.4 is 20.6 Å². The van der Waals surface area contributed by atoms with Crippen LogP contribution in [0, 0.1) is 0 Å². The van der Waals surface area contributed by atoms with E-state index in [0.29, 0.717) is 39.9 Å². The molecule has 3 rings (SSSR count). The van der Waals surface area contributed by atoms with Crippen LogP contribution in [0.3, 0.4) is 0 Å². The van der Waals surface area contributed by atoms with Crippen molar-refractivity contribution >= 4 is 29.4 Å². The van der Waals surface area contributed by atoms with Crippen LogP contribution in [-0.2, 0) is 6.61 Å². The van der Waals surface area contributed by atoms with Gasteiger partial charge in [0.1, 0.15) is 6.61 Å². The number of hydrogen-bond donors (Lipinski definition) is 2. The Morgan fingerprint density at radius 2 is 1.86 bits per heavy atom. The van der Waals surface area contributed by atoms with E-state index in [9.17, 15) is 4.79 Å². The molecule has 0 heterocycles. The maximum absolute atomic E-state index is 12.2. The maximum Gasteiger partial charge on any atom is 0.273 e. The summed E-state index contributed by atoms with van der Waals surface area (Å²) in [7, 11) is 1.56. The number of para-hydroxylation sites is 2. The number of ether oxygens (including phenoxy) is 2. The van der Waals surface area contributed by atoms with Crippen LogP contribution in [0.2, 0.25) is 5.02 Å². The van der Waals surface area contributed by atoms with Gasteiger partial charge < -0.3 is 15.2 Å². The maximum atomic E-state index is 12.2. The highest BCUT2D eigenvalue weighted by molar-refractivity contribution is 6.30. The molecule has 0 aromatic heterocycles. The van der Waals surface area contributed by atoms with Gasteiger partial charge >= 0.3 is 0 Å². The van der Waals surface area contributed by atoms with Crippen LogP contribution in [0.1, 0.15) is 21.5 Å². The van der Waals surface area contributed by atoms with Gasteiger partial charge in [0.25, 0.3) is 5.91 Å². The number of hydrogen-bond acceptors (Lipinski definition) is 5. The minimum absolute atomic E-state index is 0.325. The van der Waals surface area contributed by atoms with Gasteiger partial charge in [0.2, 0.25) is 0 Å². The molecule has 6 nitrogen and oxygen atoms in total. The molecule has 0 bridgehead atoms. The molecule has 29 heavy (non-hydrogen) atoms. The van der Waals surface area contributed by atoms with E-state index in [2.05, 4.69) is 10.5 Å². The fraction of sp³-hybridized carbons (Fsp3) is 0.0909. The number of hydrazone groups is 1. The minimum atomic E-state index is -0.397. The van der Waals surface area contributed by atoms with Crippen LogP contribution in [0.25, 0.3) is 0 Å². The molecule has 1 amide bonds. The summed E-state index contributed by atoms with van der Waals surface area (Å²) in [5.74, 6) is 0.676. The van der Waals surface area contributed by atoms with Gasteiger partial charge in [-0.1, -0.05) is 41.9 Å².